The Kier molecular flexibility index (Phi) is 4.23. The lowest BCUT2D eigenvalue weighted by molar-refractivity contribution is 0.0938. The maximum Gasteiger partial charge on any atom is 0.255 e. The molecule has 1 fully saturated rings. The third-order valence-electron chi connectivity index (χ3n) is 3.18. The molecule has 0 radical (unpaired) electrons. The van der Waals surface area contributed by atoms with Gasteiger partial charge in [-0.15, -0.1) is 0 Å². The minimum Gasteiger partial charge on any atom is -0.457 e. The number of nitrogens with zero attached hydrogens (tertiary/aromatic N) is 1. The number of hydrogen-bond donors (Lipinski definition) is 1. The van der Waals surface area contributed by atoms with E-state index in [0.29, 0.717) is 22.8 Å². The molecule has 1 unspecified atom stereocenters. The average molecular weight is 301 g/mol. The summed E-state index contributed by atoms with van der Waals surface area (Å²) < 4.78 is 5.53. The zero-order chi connectivity index (χ0) is 12.3. The van der Waals surface area contributed by atoms with Crippen LogP contribution in [0, 0.1) is 0 Å². The summed E-state index contributed by atoms with van der Waals surface area (Å²) in [6, 6.07) is 2.06. The maximum absolute atomic E-state index is 11.8. The summed E-state index contributed by atoms with van der Waals surface area (Å²) in [6.07, 6.45) is 4.04. The third kappa shape index (κ3) is 3.10. The van der Waals surface area contributed by atoms with Crippen molar-refractivity contribution in [3.8, 4) is 0 Å². The number of amides is 1. The Morgan fingerprint density at radius 3 is 2.88 bits per heavy atom. The van der Waals surface area contributed by atoms with Crippen molar-refractivity contribution in [2.75, 3.05) is 19.6 Å². The molecular formula is C12H17BrN2O2. The minimum atomic E-state index is -0.0864. The fraction of sp³-hybridized carbons (Fsp3) is 0.583. The van der Waals surface area contributed by atoms with Crippen LogP contribution in [0.25, 0.3) is 0 Å². The average Bonchev–Trinajstić information content (AvgIpc) is 2.95. The van der Waals surface area contributed by atoms with Crippen LogP contribution in [0.1, 0.15) is 30.1 Å². The molecule has 1 aliphatic heterocycles. The van der Waals surface area contributed by atoms with E-state index in [1.807, 2.05) is 0 Å². The van der Waals surface area contributed by atoms with Crippen LogP contribution in [0.4, 0.5) is 0 Å². The first-order valence-electron chi connectivity index (χ1n) is 5.93. The van der Waals surface area contributed by atoms with Gasteiger partial charge in [-0.05, 0) is 54.9 Å². The van der Waals surface area contributed by atoms with Crippen molar-refractivity contribution in [3.63, 3.8) is 0 Å². The highest BCUT2D eigenvalue weighted by atomic mass is 79.9. The van der Waals surface area contributed by atoms with Crippen LogP contribution in [0.5, 0.6) is 0 Å². The normalized spacial score (nSPS) is 18.2. The van der Waals surface area contributed by atoms with Crippen LogP contribution >= 0.6 is 15.9 Å². The Balaban J connectivity index is 1.82. The van der Waals surface area contributed by atoms with Gasteiger partial charge in [0.15, 0.2) is 4.67 Å². The molecule has 1 amide bonds. The van der Waals surface area contributed by atoms with Gasteiger partial charge in [-0.2, -0.15) is 0 Å². The Hall–Kier alpha value is -0.810. The monoisotopic (exact) mass is 300 g/mol. The topological polar surface area (TPSA) is 45.5 Å². The van der Waals surface area contributed by atoms with Crippen molar-refractivity contribution in [2.45, 2.75) is 25.8 Å². The molecule has 0 bridgehead atoms. The van der Waals surface area contributed by atoms with E-state index in [2.05, 4.69) is 33.1 Å². The second kappa shape index (κ2) is 5.69. The Bertz CT molecular complexity index is 386. The molecule has 17 heavy (non-hydrogen) atoms. The third-order valence-corrected chi connectivity index (χ3v) is 3.80. The van der Waals surface area contributed by atoms with Gasteiger partial charge in [0.2, 0.25) is 0 Å². The molecule has 1 N–H and O–H groups in total. The predicted molar refractivity (Wildman–Crippen MR) is 69.0 cm³/mol. The van der Waals surface area contributed by atoms with E-state index >= 15 is 0 Å². The molecule has 4 nitrogen and oxygen atoms in total. The lowest BCUT2D eigenvalue weighted by Gasteiger charge is -2.23. The number of halogens is 1. The van der Waals surface area contributed by atoms with E-state index in [-0.39, 0.29) is 5.91 Å². The molecule has 1 aromatic rings. The first-order chi connectivity index (χ1) is 8.18. The molecule has 1 saturated heterocycles. The van der Waals surface area contributed by atoms with Gasteiger partial charge in [0, 0.05) is 12.6 Å². The lowest BCUT2D eigenvalue weighted by atomic mass is 10.2. The second-order valence-electron chi connectivity index (χ2n) is 4.41. The van der Waals surface area contributed by atoms with E-state index in [1.54, 1.807) is 6.07 Å². The predicted octanol–water partition coefficient (Wildman–Crippen LogP) is 2.26. The van der Waals surface area contributed by atoms with Crippen LogP contribution in [0.2, 0.25) is 0 Å². The maximum atomic E-state index is 11.8. The van der Waals surface area contributed by atoms with Gasteiger partial charge in [0.25, 0.3) is 5.91 Å². The molecule has 94 valence electrons. The van der Waals surface area contributed by atoms with Crippen molar-refractivity contribution < 1.29 is 9.21 Å². The molecule has 2 rings (SSSR count). The van der Waals surface area contributed by atoms with Crippen molar-refractivity contribution >= 4 is 21.8 Å². The summed E-state index contributed by atoms with van der Waals surface area (Å²) in [5.74, 6) is -0.0864. The first-order valence-corrected chi connectivity index (χ1v) is 6.73. The summed E-state index contributed by atoms with van der Waals surface area (Å²) in [5.41, 5.74) is 0.554. The fourth-order valence-corrected chi connectivity index (χ4v) is 2.52. The number of carbonyl (C=O) groups is 1. The summed E-state index contributed by atoms with van der Waals surface area (Å²) in [4.78, 5) is 14.2. The highest BCUT2D eigenvalue weighted by molar-refractivity contribution is 9.10. The summed E-state index contributed by atoms with van der Waals surface area (Å²) in [5, 5.41) is 2.93. The van der Waals surface area contributed by atoms with Crippen LogP contribution in [0.15, 0.2) is 21.4 Å². The molecule has 1 aliphatic rings. The number of carbonyl (C=O) groups excluding carboxylic acids is 1. The smallest absolute Gasteiger partial charge is 0.255 e. The quantitative estimate of drug-likeness (QED) is 0.928. The highest BCUT2D eigenvalue weighted by Gasteiger charge is 2.19. The van der Waals surface area contributed by atoms with Gasteiger partial charge in [-0.25, -0.2) is 0 Å². The van der Waals surface area contributed by atoms with Gasteiger partial charge < -0.3 is 9.73 Å². The van der Waals surface area contributed by atoms with E-state index in [1.165, 1.54) is 19.1 Å². The second-order valence-corrected chi connectivity index (χ2v) is 5.13. The first kappa shape index (κ1) is 12.6. The highest BCUT2D eigenvalue weighted by Crippen LogP contribution is 2.17. The van der Waals surface area contributed by atoms with Crippen LogP contribution in [-0.2, 0) is 0 Å². The van der Waals surface area contributed by atoms with E-state index in [9.17, 15) is 4.79 Å². The minimum absolute atomic E-state index is 0.0864. The Morgan fingerprint density at radius 2 is 2.29 bits per heavy atom. The summed E-state index contributed by atoms with van der Waals surface area (Å²) in [6.45, 7) is 5.12. The lowest BCUT2D eigenvalue weighted by Crippen LogP contribution is -2.40. The molecular weight excluding hydrogens is 284 g/mol. The largest absolute Gasteiger partial charge is 0.457 e. The van der Waals surface area contributed by atoms with Gasteiger partial charge >= 0.3 is 0 Å². The number of furan rings is 1. The molecule has 0 aromatic carbocycles. The van der Waals surface area contributed by atoms with Gasteiger partial charge in [0.05, 0.1) is 11.8 Å². The van der Waals surface area contributed by atoms with E-state index in [4.69, 9.17) is 4.42 Å². The van der Waals surface area contributed by atoms with Crippen molar-refractivity contribution in [2.24, 2.45) is 0 Å². The molecule has 1 atom stereocenters. The molecule has 0 spiro atoms. The standard InChI is InChI=1S/C12H17BrN2O2/c1-9(15-5-2-3-6-15)8-14-12(16)10-4-7-17-11(10)13/h4,7,9H,2-3,5-6,8H2,1H3,(H,14,16). The van der Waals surface area contributed by atoms with Crippen molar-refractivity contribution in [1.29, 1.82) is 0 Å². The van der Waals surface area contributed by atoms with Crippen molar-refractivity contribution in [1.82, 2.24) is 10.2 Å². The van der Waals surface area contributed by atoms with Gasteiger partial charge in [0.1, 0.15) is 0 Å². The number of hydrogen-bond acceptors (Lipinski definition) is 3. The van der Waals surface area contributed by atoms with Crippen LogP contribution in [0.3, 0.4) is 0 Å². The molecule has 0 aliphatic carbocycles. The van der Waals surface area contributed by atoms with Crippen LogP contribution < -0.4 is 5.32 Å². The van der Waals surface area contributed by atoms with Gasteiger partial charge in [-0.3, -0.25) is 9.69 Å². The number of likely N-dealkylation sites (tertiary alicyclic amines) is 1. The van der Waals surface area contributed by atoms with Crippen molar-refractivity contribution in [3.05, 3.63) is 22.6 Å². The summed E-state index contributed by atoms with van der Waals surface area (Å²) in [7, 11) is 0. The number of nitrogens with one attached hydrogen (secondary N) is 1. The SMILES string of the molecule is CC(CNC(=O)c1ccoc1Br)N1CCCC1. The Morgan fingerprint density at radius 1 is 1.59 bits per heavy atom. The Labute approximate surface area is 109 Å². The fourth-order valence-electron chi connectivity index (χ4n) is 2.10. The molecule has 1 aromatic heterocycles. The molecule has 0 saturated carbocycles. The number of rotatable bonds is 4. The summed E-state index contributed by atoms with van der Waals surface area (Å²) >= 11 is 3.20. The zero-order valence-electron chi connectivity index (χ0n) is 9.91. The zero-order valence-corrected chi connectivity index (χ0v) is 11.5. The van der Waals surface area contributed by atoms with E-state index in [0.717, 1.165) is 13.1 Å². The molecule has 5 heteroatoms. The van der Waals surface area contributed by atoms with Gasteiger partial charge in [-0.1, -0.05) is 0 Å². The van der Waals surface area contributed by atoms with Crippen LogP contribution in [-0.4, -0.2) is 36.5 Å². The van der Waals surface area contributed by atoms with E-state index < -0.39 is 0 Å². The molecule has 2 heterocycles.